The molecule has 0 bridgehead atoms. The van der Waals surface area contributed by atoms with E-state index < -0.39 is 0 Å². The number of piperidine rings is 1. The van der Waals surface area contributed by atoms with Crippen LogP contribution in [-0.4, -0.2) is 38.0 Å². The number of aryl methyl sites for hydroxylation is 1. The quantitative estimate of drug-likeness (QED) is 0.717. The molecular formula is C19H20N6O. The number of hydrogen-bond acceptors (Lipinski definition) is 7. The first kappa shape index (κ1) is 16.4. The highest BCUT2D eigenvalue weighted by Crippen LogP contribution is 2.34. The van der Waals surface area contributed by atoms with Gasteiger partial charge in [0.15, 0.2) is 5.75 Å². The lowest BCUT2D eigenvalue weighted by Crippen LogP contribution is -2.35. The summed E-state index contributed by atoms with van der Waals surface area (Å²) in [5.74, 6) is 2.38. The first-order valence-electron chi connectivity index (χ1n) is 8.72. The highest BCUT2D eigenvalue weighted by Gasteiger charge is 2.27. The molecule has 0 spiro atoms. The summed E-state index contributed by atoms with van der Waals surface area (Å²) in [5, 5.41) is 0. The van der Waals surface area contributed by atoms with Crippen LogP contribution in [0.25, 0.3) is 0 Å². The van der Waals surface area contributed by atoms with Gasteiger partial charge in [-0.05, 0) is 31.9 Å². The van der Waals surface area contributed by atoms with Gasteiger partial charge in [0.2, 0.25) is 5.88 Å². The van der Waals surface area contributed by atoms with Crippen molar-refractivity contribution in [2.75, 3.05) is 18.0 Å². The van der Waals surface area contributed by atoms with Crippen LogP contribution in [0.5, 0.6) is 11.6 Å². The SMILES string of the molecule is Cc1ncccc1Oc1nccnc1[C@@H]1CCCN(c2cnccn2)C1. The van der Waals surface area contributed by atoms with E-state index in [1.165, 1.54) is 0 Å². The Labute approximate surface area is 152 Å². The van der Waals surface area contributed by atoms with Gasteiger partial charge in [-0.3, -0.25) is 15.0 Å². The zero-order valence-corrected chi connectivity index (χ0v) is 14.6. The van der Waals surface area contributed by atoms with Crippen molar-refractivity contribution in [3.8, 4) is 11.6 Å². The molecule has 7 heteroatoms. The molecule has 26 heavy (non-hydrogen) atoms. The number of aromatic nitrogens is 5. The zero-order chi connectivity index (χ0) is 17.8. The van der Waals surface area contributed by atoms with Crippen molar-refractivity contribution in [3.05, 3.63) is 60.7 Å². The lowest BCUT2D eigenvalue weighted by atomic mass is 9.94. The molecule has 1 aliphatic heterocycles. The standard InChI is InChI=1S/C19H20N6O/c1-14-16(5-2-6-21-14)26-19-18(23-9-10-24-19)15-4-3-11-25(13-15)17-12-20-7-8-22-17/h2,5-10,12,15H,3-4,11,13H2,1H3/t15-/m1/s1. The molecule has 0 aromatic carbocycles. The highest BCUT2D eigenvalue weighted by atomic mass is 16.5. The van der Waals surface area contributed by atoms with Gasteiger partial charge in [0, 0.05) is 50.0 Å². The number of pyridine rings is 1. The second-order valence-electron chi connectivity index (χ2n) is 6.28. The molecule has 1 saturated heterocycles. The van der Waals surface area contributed by atoms with Crippen LogP contribution in [0.3, 0.4) is 0 Å². The third-order valence-electron chi connectivity index (χ3n) is 4.54. The van der Waals surface area contributed by atoms with Gasteiger partial charge < -0.3 is 9.64 Å². The Bertz CT molecular complexity index is 873. The predicted octanol–water partition coefficient (Wildman–Crippen LogP) is 3.15. The Morgan fingerprint density at radius 3 is 2.77 bits per heavy atom. The van der Waals surface area contributed by atoms with Crippen molar-refractivity contribution in [1.29, 1.82) is 0 Å². The van der Waals surface area contributed by atoms with E-state index in [0.717, 1.165) is 43.1 Å². The molecule has 4 heterocycles. The Balaban J connectivity index is 1.59. The topological polar surface area (TPSA) is 76.9 Å². The third kappa shape index (κ3) is 3.46. The van der Waals surface area contributed by atoms with Gasteiger partial charge in [-0.1, -0.05) is 0 Å². The van der Waals surface area contributed by atoms with E-state index in [0.29, 0.717) is 11.6 Å². The minimum Gasteiger partial charge on any atom is -0.435 e. The van der Waals surface area contributed by atoms with Gasteiger partial charge in [0.05, 0.1) is 11.9 Å². The first-order valence-corrected chi connectivity index (χ1v) is 8.72. The van der Waals surface area contributed by atoms with Crippen LogP contribution >= 0.6 is 0 Å². The Kier molecular flexibility index (Phi) is 4.68. The second-order valence-corrected chi connectivity index (χ2v) is 6.28. The van der Waals surface area contributed by atoms with Crippen molar-refractivity contribution in [3.63, 3.8) is 0 Å². The summed E-state index contributed by atoms with van der Waals surface area (Å²) in [7, 11) is 0. The lowest BCUT2D eigenvalue weighted by Gasteiger charge is -2.33. The van der Waals surface area contributed by atoms with Gasteiger partial charge in [-0.2, -0.15) is 0 Å². The fraction of sp³-hybridized carbons (Fsp3) is 0.316. The minimum atomic E-state index is 0.228. The maximum Gasteiger partial charge on any atom is 0.241 e. The summed E-state index contributed by atoms with van der Waals surface area (Å²) in [6.07, 6.45) is 12.4. The number of ether oxygens (including phenoxy) is 1. The van der Waals surface area contributed by atoms with Crippen LogP contribution in [0.1, 0.15) is 30.1 Å². The summed E-state index contributed by atoms with van der Waals surface area (Å²) >= 11 is 0. The summed E-state index contributed by atoms with van der Waals surface area (Å²) < 4.78 is 6.05. The maximum atomic E-state index is 6.05. The minimum absolute atomic E-state index is 0.228. The van der Waals surface area contributed by atoms with Crippen molar-refractivity contribution in [2.24, 2.45) is 0 Å². The van der Waals surface area contributed by atoms with Gasteiger partial charge >= 0.3 is 0 Å². The van der Waals surface area contributed by atoms with Gasteiger partial charge in [-0.15, -0.1) is 0 Å². The maximum absolute atomic E-state index is 6.05. The molecular weight excluding hydrogens is 328 g/mol. The molecule has 1 atom stereocenters. The summed E-state index contributed by atoms with van der Waals surface area (Å²) in [6.45, 7) is 3.70. The molecule has 1 fully saturated rings. The average molecular weight is 348 g/mol. The molecule has 7 nitrogen and oxygen atoms in total. The van der Waals surface area contributed by atoms with Crippen molar-refractivity contribution >= 4 is 5.82 Å². The van der Waals surface area contributed by atoms with E-state index >= 15 is 0 Å². The van der Waals surface area contributed by atoms with E-state index in [1.54, 1.807) is 37.2 Å². The average Bonchev–Trinajstić information content (AvgIpc) is 2.71. The molecule has 4 rings (SSSR count). The number of hydrogen-bond donors (Lipinski definition) is 0. The van der Waals surface area contributed by atoms with E-state index in [-0.39, 0.29) is 5.92 Å². The van der Waals surface area contributed by atoms with Crippen molar-refractivity contribution in [1.82, 2.24) is 24.9 Å². The monoisotopic (exact) mass is 348 g/mol. The smallest absolute Gasteiger partial charge is 0.241 e. The van der Waals surface area contributed by atoms with Crippen molar-refractivity contribution < 1.29 is 4.74 Å². The normalized spacial score (nSPS) is 17.1. The van der Waals surface area contributed by atoms with Crippen LogP contribution in [0.4, 0.5) is 5.82 Å². The Morgan fingerprint density at radius 2 is 1.92 bits per heavy atom. The van der Waals surface area contributed by atoms with Crippen LogP contribution in [0, 0.1) is 6.92 Å². The summed E-state index contributed by atoms with van der Waals surface area (Å²) in [4.78, 5) is 24.1. The molecule has 0 saturated carbocycles. The lowest BCUT2D eigenvalue weighted by molar-refractivity contribution is 0.422. The Hall–Kier alpha value is -3.09. The van der Waals surface area contributed by atoms with Gasteiger partial charge in [0.25, 0.3) is 0 Å². The largest absolute Gasteiger partial charge is 0.435 e. The van der Waals surface area contributed by atoms with Gasteiger partial charge in [-0.25, -0.2) is 9.97 Å². The fourth-order valence-corrected chi connectivity index (χ4v) is 3.24. The van der Waals surface area contributed by atoms with E-state index in [2.05, 4.69) is 29.8 Å². The zero-order valence-electron chi connectivity index (χ0n) is 14.6. The second kappa shape index (κ2) is 7.43. The number of nitrogens with zero attached hydrogens (tertiary/aromatic N) is 6. The summed E-state index contributed by atoms with van der Waals surface area (Å²) in [6, 6.07) is 3.75. The summed E-state index contributed by atoms with van der Waals surface area (Å²) in [5.41, 5.74) is 1.71. The Morgan fingerprint density at radius 1 is 1.04 bits per heavy atom. The number of anilines is 1. The van der Waals surface area contributed by atoms with Crippen LogP contribution in [-0.2, 0) is 0 Å². The van der Waals surface area contributed by atoms with Crippen LogP contribution in [0.2, 0.25) is 0 Å². The van der Waals surface area contributed by atoms with E-state index in [9.17, 15) is 0 Å². The van der Waals surface area contributed by atoms with E-state index in [1.807, 2.05) is 19.1 Å². The molecule has 132 valence electrons. The number of rotatable bonds is 4. The molecule has 0 radical (unpaired) electrons. The third-order valence-corrected chi connectivity index (χ3v) is 4.54. The van der Waals surface area contributed by atoms with Crippen LogP contribution in [0.15, 0.2) is 49.3 Å². The molecule has 0 aliphatic carbocycles. The van der Waals surface area contributed by atoms with Crippen LogP contribution < -0.4 is 9.64 Å². The van der Waals surface area contributed by atoms with Crippen molar-refractivity contribution in [2.45, 2.75) is 25.7 Å². The fourth-order valence-electron chi connectivity index (χ4n) is 3.24. The van der Waals surface area contributed by atoms with E-state index in [4.69, 9.17) is 4.74 Å². The molecule has 0 N–H and O–H groups in total. The molecule has 0 unspecified atom stereocenters. The molecule has 1 aliphatic rings. The van der Waals surface area contributed by atoms with Gasteiger partial charge in [0.1, 0.15) is 11.5 Å². The molecule has 3 aromatic rings. The predicted molar refractivity (Wildman–Crippen MR) is 97.3 cm³/mol. The molecule has 3 aromatic heterocycles. The first-order chi connectivity index (χ1) is 12.8. The highest BCUT2D eigenvalue weighted by molar-refractivity contribution is 5.39. The molecule has 0 amide bonds.